The van der Waals surface area contributed by atoms with Crippen LogP contribution in [0.1, 0.15) is 31.1 Å². The summed E-state index contributed by atoms with van der Waals surface area (Å²) in [5, 5.41) is 3.30. The number of nitrogens with one attached hydrogen (secondary N) is 2. The molecule has 39 heavy (non-hydrogen) atoms. The van der Waals surface area contributed by atoms with Gasteiger partial charge in [-0.1, -0.05) is 12.6 Å². The lowest BCUT2D eigenvalue weighted by Gasteiger charge is -2.37. The van der Waals surface area contributed by atoms with E-state index in [1.807, 2.05) is 36.4 Å². The van der Waals surface area contributed by atoms with E-state index in [0.29, 0.717) is 37.2 Å². The van der Waals surface area contributed by atoms with Gasteiger partial charge in [0.05, 0.1) is 34.8 Å². The predicted octanol–water partition coefficient (Wildman–Crippen LogP) is 4.65. The van der Waals surface area contributed by atoms with Gasteiger partial charge in [-0.3, -0.25) is 4.90 Å². The van der Waals surface area contributed by atoms with E-state index in [4.69, 9.17) is 9.47 Å². The summed E-state index contributed by atoms with van der Waals surface area (Å²) in [7, 11) is 1.64. The Morgan fingerprint density at radius 3 is 2.72 bits per heavy atom. The normalized spacial score (nSPS) is 14.8. The number of carbonyl (C=O) groups excluding carboxylic acids is 1. The first-order chi connectivity index (χ1) is 18.9. The zero-order valence-corrected chi connectivity index (χ0v) is 22.3. The topological polar surface area (TPSA) is 121 Å². The largest absolute Gasteiger partial charge is 0.416 e. The van der Waals surface area contributed by atoms with Crippen molar-refractivity contribution < 1.29 is 14.3 Å². The first-order valence-electron chi connectivity index (χ1n) is 12.8. The molecule has 0 spiro atoms. The molecule has 202 valence electrons. The van der Waals surface area contributed by atoms with Gasteiger partial charge in [-0.25, -0.2) is 24.7 Å². The summed E-state index contributed by atoms with van der Waals surface area (Å²) >= 11 is 0. The summed E-state index contributed by atoms with van der Waals surface area (Å²) in [5.41, 5.74) is 5.44. The summed E-state index contributed by atoms with van der Waals surface area (Å²) in [5.74, 6) is 1.70. The zero-order chi connectivity index (χ0) is 27.4. The third-order valence-corrected chi connectivity index (χ3v) is 6.69. The third-order valence-electron chi connectivity index (χ3n) is 6.69. The van der Waals surface area contributed by atoms with Crippen molar-refractivity contribution in [1.29, 1.82) is 0 Å². The van der Waals surface area contributed by atoms with E-state index in [2.05, 4.69) is 48.6 Å². The molecular weight excluding hydrogens is 496 g/mol. The summed E-state index contributed by atoms with van der Waals surface area (Å²) < 4.78 is 10.3. The Kier molecular flexibility index (Phi) is 7.80. The Labute approximate surface area is 226 Å². The van der Waals surface area contributed by atoms with Crippen molar-refractivity contribution >= 4 is 28.9 Å². The number of benzene rings is 1. The zero-order valence-electron chi connectivity index (χ0n) is 22.3. The number of H-pyrrole nitrogens is 1. The fourth-order valence-corrected chi connectivity index (χ4v) is 4.62. The van der Waals surface area contributed by atoms with Crippen molar-refractivity contribution in [2.24, 2.45) is 0 Å². The van der Waals surface area contributed by atoms with Crippen LogP contribution in [0.2, 0.25) is 0 Å². The number of hydrogen-bond donors (Lipinski definition) is 2. The molecule has 0 radical (unpaired) electrons. The second kappa shape index (κ2) is 11.6. The van der Waals surface area contributed by atoms with Crippen molar-refractivity contribution in [3.05, 3.63) is 72.5 Å². The minimum atomic E-state index is -0.337. The number of carbonyl (C=O) groups is 1. The fraction of sp³-hybridized carbons (Fsp3) is 0.321. The molecule has 1 amide bonds. The van der Waals surface area contributed by atoms with Crippen LogP contribution in [0.4, 0.5) is 16.6 Å². The smallest absolute Gasteiger partial charge is 0.414 e. The molecule has 1 aromatic carbocycles. The van der Waals surface area contributed by atoms with Crippen LogP contribution in [-0.2, 0) is 16.1 Å². The van der Waals surface area contributed by atoms with Crippen molar-refractivity contribution in [2.75, 3.05) is 38.6 Å². The molecule has 1 aliphatic heterocycles. The van der Waals surface area contributed by atoms with Gasteiger partial charge in [0, 0.05) is 51.1 Å². The van der Waals surface area contributed by atoms with Gasteiger partial charge in [-0.2, -0.15) is 0 Å². The standard InChI is InChI=1S/C28H32N8O3/c1-18(2)39-28(37)36-11-9-35(10-12-36)19(3)20-7-8-29-26(14-20)34-27-32-23-6-5-21(13-25(23)33-27)24-15-22(16-38-4)30-17-31-24/h5-8,13-15,17,19H,1,9-12,16H2,2-4H3,(H2,29,32,33,34). The van der Waals surface area contributed by atoms with Gasteiger partial charge >= 0.3 is 6.09 Å². The first-order valence-corrected chi connectivity index (χ1v) is 12.8. The average molecular weight is 529 g/mol. The lowest BCUT2D eigenvalue weighted by Crippen LogP contribution is -2.49. The van der Waals surface area contributed by atoms with Crippen molar-refractivity contribution in [1.82, 2.24) is 34.7 Å². The van der Waals surface area contributed by atoms with Gasteiger partial charge in [-0.05, 0) is 49.7 Å². The highest BCUT2D eigenvalue weighted by atomic mass is 16.6. The number of anilines is 2. The number of piperazine rings is 1. The second-order valence-electron chi connectivity index (χ2n) is 9.51. The number of fused-ring (bicyclic) bond motifs is 1. The summed E-state index contributed by atoms with van der Waals surface area (Å²) in [6.45, 7) is 10.6. The number of imidazole rings is 1. The van der Waals surface area contributed by atoms with Gasteiger partial charge in [0.25, 0.3) is 0 Å². The molecule has 5 rings (SSSR count). The molecule has 1 saturated heterocycles. The van der Waals surface area contributed by atoms with E-state index in [1.54, 1.807) is 31.5 Å². The number of aromatic amines is 1. The van der Waals surface area contributed by atoms with Crippen molar-refractivity contribution in [3.63, 3.8) is 0 Å². The van der Waals surface area contributed by atoms with Crippen LogP contribution in [0.15, 0.2) is 61.3 Å². The highest BCUT2D eigenvalue weighted by Gasteiger charge is 2.26. The van der Waals surface area contributed by atoms with Crippen LogP contribution in [0.3, 0.4) is 0 Å². The van der Waals surface area contributed by atoms with E-state index in [-0.39, 0.29) is 12.1 Å². The number of amides is 1. The Hall–Kier alpha value is -4.35. The molecule has 1 aliphatic rings. The number of allylic oxidation sites excluding steroid dienone is 1. The van der Waals surface area contributed by atoms with Crippen LogP contribution in [0, 0.1) is 0 Å². The third kappa shape index (κ3) is 6.21. The molecule has 4 heterocycles. The summed E-state index contributed by atoms with van der Waals surface area (Å²) in [6, 6.07) is 12.1. The van der Waals surface area contributed by atoms with E-state index in [9.17, 15) is 4.79 Å². The summed E-state index contributed by atoms with van der Waals surface area (Å²) in [6.07, 6.45) is 3.00. The number of pyridine rings is 1. The molecule has 2 N–H and O–H groups in total. The number of aromatic nitrogens is 5. The molecule has 1 atom stereocenters. The number of ether oxygens (including phenoxy) is 2. The van der Waals surface area contributed by atoms with E-state index < -0.39 is 0 Å². The molecule has 4 aromatic rings. The minimum Gasteiger partial charge on any atom is -0.416 e. The Morgan fingerprint density at radius 1 is 1.13 bits per heavy atom. The van der Waals surface area contributed by atoms with Crippen LogP contribution >= 0.6 is 0 Å². The second-order valence-corrected chi connectivity index (χ2v) is 9.51. The summed E-state index contributed by atoms with van der Waals surface area (Å²) in [4.78, 5) is 37.4. The number of nitrogens with zero attached hydrogens (tertiary/aromatic N) is 6. The average Bonchev–Trinajstić information content (AvgIpc) is 3.34. The maximum absolute atomic E-state index is 12.2. The molecule has 0 bridgehead atoms. The monoisotopic (exact) mass is 528 g/mol. The van der Waals surface area contributed by atoms with Gasteiger partial charge < -0.3 is 24.7 Å². The highest BCUT2D eigenvalue weighted by Crippen LogP contribution is 2.26. The number of rotatable bonds is 8. The van der Waals surface area contributed by atoms with Gasteiger partial charge in [0.15, 0.2) is 0 Å². The lowest BCUT2D eigenvalue weighted by molar-refractivity contribution is 0.0809. The molecule has 11 nitrogen and oxygen atoms in total. The molecule has 3 aromatic heterocycles. The van der Waals surface area contributed by atoms with Crippen molar-refractivity contribution in [3.8, 4) is 11.3 Å². The molecule has 1 unspecified atom stereocenters. The Bertz CT molecular complexity index is 1480. The van der Waals surface area contributed by atoms with Gasteiger partial charge in [-0.15, -0.1) is 0 Å². The van der Waals surface area contributed by atoms with E-state index in [1.165, 1.54) is 0 Å². The van der Waals surface area contributed by atoms with Crippen LogP contribution < -0.4 is 5.32 Å². The fourth-order valence-electron chi connectivity index (χ4n) is 4.62. The number of methoxy groups -OCH3 is 1. The van der Waals surface area contributed by atoms with Crippen molar-refractivity contribution in [2.45, 2.75) is 26.5 Å². The maximum atomic E-state index is 12.2. The maximum Gasteiger partial charge on any atom is 0.414 e. The predicted molar refractivity (Wildman–Crippen MR) is 148 cm³/mol. The van der Waals surface area contributed by atoms with Crippen LogP contribution in [0.25, 0.3) is 22.3 Å². The highest BCUT2D eigenvalue weighted by molar-refractivity contribution is 5.83. The Balaban J connectivity index is 1.26. The minimum absolute atomic E-state index is 0.155. The number of hydrogen-bond acceptors (Lipinski definition) is 9. The molecule has 1 fully saturated rings. The molecular formula is C28H32N8O3. The Morgan fingerprint density at radius 2 is 1.95 bits per heavy atom. The molecule has 11 heteroatoms. The molecule has 0 saturated carbocycles. The molecule has 0 aliphatic carbocycles. The lowest BCUT2D eigenvalue weighted by atomic mass is 10.1. The van der Waals surface area contributed by atoms with Crippen LogP contribution in [0.5, 0.6) is 0 Å². The SMILES string of the molecule is C=C(C)OC(=O)N1CCN(C(C)c2ccnc(Nc3nc4ccc(-c5cc(COC)ncn5)cc4[nH]3)c2)CC1. The van der Waals surface area contributed by atoms with E-state index >= 15 is 0 Å². The van der Waals surface area contributed by atoms with Gasteiger partial charge in [0.2, 0.25) is 5.95 Å². The van der Waals surface area contributed by atoms with Gasteiger partial charge in [0.1, 0.15) is 12.1 Å². The van der Waals surface area contributed by atoms with E-state index in [0.717, 1.165) is 46.6 Å². The quantitative estimate of drug-likeness (QED) is 0.315. The van der Waals surface area contributed by atoms with Crippen LogP contribution in [-0.4, -0.2) is 74.1 Å². The first kappa shape index (κ1) is 26.3.